The standard InChI is InChI=1S/C44H42O5S/c1-5-15-33(16-6-1)28-45-32-40-41(46-29-34-17-7-2-8-18-34)42(47-31-36-25-26-37-21-13-14-22-38(37)27-36)43(48-30-35-19-9-3-10-20-35)44(49-40)50-39-23-11-4-12-24-39/h1-27,40-44H,28-32H2. The van der Waals surface area contributed by atoms with Crippen LogP contribution in [0.1, 0.15) is 22.3 Å². The number of benzene rings is 6. The van der Waals surface area contributed by atoms with Crippen LogP contribution in [0.3, 0.4) is 0 Å². The van der Waals surface area contributed by atoms with Crippen LogP contribution >= 0.6 is 11.8 Å². The molecule has 0 aliphatic carbocycles. The Morgan fingerprint density at radius 1 is 0.440 bits per heavy atom. The number of hydrogen-bond donors (Lipinski definition) is 0. The molecule has 1 aliphatic rings. The van der Waals surface area contributed by atoms with E-state index in [1.54, 1.807) is 11.8 Å². The van der Waals surface area contributed by atoms with Crippen molar-refractivity contribution >= 4 is 22.5 Å². The highest BCUT2D eigenvalue weighted by atomic mass is 32.2. The SMILES string of the molecule is c1ccc(COCC2OC(Sc3ccccc3)C(OCc3ccccc3)C(OCc3ccc4ccccc4c3)C2OCc2ccccc2)cc1. The topological polar surface area (TPSA) is 46.2 Å². The summed E-state index contributed by atoms with van der Waals surface area (Å²) in [6.45, 7) is 2.02. The van der Waals surface area contributed by atoms with E-state index in [2.05, 4.69) is 91.0 Å². The minimum absolute atomic E-state index is 0.335. The average molecular weight is 683 g/mol. The predicted molar refractivity (Wildman–Crippen MR) is 200 cm³/mol. The Kier molecular flexibility index (Phi) is 12.0. The number of ether oxygens (including phenoxy) is 5. The van der Waals surface area contributed by atoms with Crippen molar-refractivity contribution in [1.29, 1.82) is 0 Å². The van der Waals surface area contributed by atoms with Crippen molar-refractivity contribution in [2.75, 3.05) is 6.61 Å². The molecule has 0 amide bonds. The molecule has 0 N–H and O–H groups in total. The summed E-state index contributed by atoms with van der Waals surface area (Å²) in [5.41, 5.74) is 3.97. The van der Waals surface area contributed by atoms with Gasteiger partial charge in [-0.1, -0.05) is 157 Å². The molecule has 50 heavy (non-hydrogen) atoms. The normalized spacial score (nSPS) is 20.5. The molecule has 0 spiro atoms. The lowest BCUT2D eigenvalue weighted by atomic mass is 9.98. The predicted octanol–water partition coefficient (Wildman–Crippen LogP) is 9.63. The molecule has 0 bridgehead atoms. The van der Waals surface area contributed by atoms with Gasteiger partial charge in [0.25, 0.3) is 0 Å². The van der Waals surface area contributed by atoms with Crippen LogP contribution in [0, 0.1) is 0 Å². The third-order valence-corrected chi connectivity index (χ3v) is 9.96. The first-order valence-corrected chi connectivity index (χ1v) is 18.1. The minimum atomic E-state index is -0.472. The molecule has 254 valence electrons. The van der Waals surface area contributed by atoms with Crippen LogP contribution in [0.2, 0.25) is 0 Å². The maximum Gasteiger partial charge on any atom is 0.137 e. The monoisotopic (exact) mass is 682 g/mol. The van der Waals surface area contributed by atoms with Crippen LogP contribution in [0.4, 0.5) is 0 Å². The van der Waals surface area contributed by atoms with Crippen molar-refractivity contribution in [3.63, 3.8) is 0 Å². The second kappa shape index (κ2) is 17.6. The lowest BCUT2D eigenvalue weighted by molar-refractivity contribution is -0.254. The van der Waals surface area contributed by atoms with E-state index in [1.807, 2.05) is 72.8 Å². The number of hydrogen-bond acceptors (Lipinski definition) is 6. The lowest BCUT2D eigenvalue weighted by Crippen LogP contribution is -2.60. The average Bonchev–Trinajstić information content (AvgIpc) is 3.18. The fourth-order valence-electron chi connectivity index (χ4n) is 6.23. The smallest absolute Gasteiger partial charge is 0.137 e. The molecule has 6 heteroatoms. The molecule has 1 fully saturated rings. The third kappa shape index (κ3) is 9.29. The highest BCUT2D eigenvalue weighted by molar-refractivity contribution is 7.99. The summed E-state index contributed by atoms with van der Waals surface area (Å²) in [5.74, 6) is 0. The number of rotatable bonds is 15. The van der Waals surface area contributed by atoms with Crippen molar-refractivity contribution < 1.29 is 23.7 Å². The molecule has 7 rings (SSSR count). The Morgan fingerprint density at radius 2 is 0.940 bits per heavy atom. The van der Waals surface area contributed by atoms with Gasteiger partial charge in [0, 0.05) is 4.90 Å². The summed E-state index contributed by atoms with van der Waals surface area (Å²) >= 11 is 1.65. The van der Waals surface area contributed by atoms with E-state index < -0.39 is 24.4 Å². The molecule has 6 aromatic rings. The molecule has 6 aromatic carbocycles. The largest absolute Gasteiger partial charge is 0.374 e. The maximum atomic E-state index is 6.98. The Labute approximate surface area is 299 Å². The number of fused-ring (bicyclic) bond motifs is 1. The molecular weight excluding hydrogens is 641 g/mol. The van der Waals surface area contributed by atoms with E-state index in [0.29, 0.717) is 33.0 Å². The van der Waals surface area contributed by atoms with Gasteiger partial charge in [-0.3, -0.25) is 0 Å². The Morgan fingerprint density at radius 3 is 1.58 bits per heavy atom. The van der Waals surface area contributed by atoms with Crippen LogP contribution in [0.15, 0.2) is 169 Å². The molecule has 5 atom stereocenters. The van der Waals surface area contributed by atoms with E-state index in [0.717, 1.165) is 27.1 Å². The summed E-state index contributed by atoms with van der Waals surface area (Å²) in [7, 11) is 0. The minimum Gasteiger partial charge on any atom is -0.374 e. The van der Waals surface area contributed by atoms with Crippen molar-refractivity contribution in [3.05, 3.63) is 186 Å². The van der Waals surface area contributed by atoms with Crippen molar-refractivity contribution in [2.24, 2.45) is 0 Å². The van der Waals surface area contributed by atoms with Crippen molar-refractivity contribution in [3.8, 4) is 0 Å². The zero-order valence-corrected chi connectivity index (χ0v) is 28.8. The first-order valence-electron chi connectivity index (χ1n) is 17.2. The van der Waals surface area contributed by atoms with Gasteiger partial charge in [0.15, 0.2) is 0 Å². The molecular formula is C44H42O5S. The van der Waals surface area contributed by atoms with Gasteiger partial charge in [-0.2, -0.15) is 0 Å². The number of thioether (sulfide) groups is 1. The van der Waals surface area contributed by atoms with Crippen LogP contribution in [-0.4, -0.2) is 36.5 Å². The summed E-state index contributed by atoms with van der Waals surface area (Å²) in [6, 6.07) is 55.9. The van der Waals surface area contributed by atoms with E-state index >= 15 is 0 Å². The van der Waals surface area contributed by atoms with E-state index in [4.69, 9.17) is 23.7 Å². The molecule has 5 nitrogen and oxygen atoms in total. The summed E-state index contributed by atoms with van der Waals surface area (Å²) < 4.78 is 34.0. The van der Waals surface area contributed by atoms with Crippen LogP contribution < -0.4 is 0 Å². The van der Waals surface area contributed by atoms with Crippen LogP contribution in [0.5, 0.6) is 0 Å². The highest BCUT2D eigenvalue weighted by Gasteiger charge is 2.49. The van der Waals surface area contributed by atoms with Gasteiger partial charge >= 0.3 is 0 Å². The van der Waals surface area contributed by atoms with Crippen molar-refractivity contribution in [2.45, 2.75) is 61.2 Å². The zero-order chi connectivity index (χ0) is 33.8. The van der Waals surface area contributed by atoms with Gasteiger partial charge in [0.1, 0.15) is 29.9 Å². The van der Waals surface area contributed by atoms with Gasteiger partial charge in [-0.25, -0.2) is 0 Å². The summed E-state index contributed by atoms with van der Waals surface area (Å²) in [4.78, 5) is 1.09. The van der Waals surface area contributed by atoms with Gasteiger partial charge in [0.05, 0.1) is 33.0 Å². The Bertz CT molecular complexity index is 1870. The second-order valence-electron chi connectivity index (χ2n) is 12.5. The third-order valence-electron chi connectivity index (χ3n) is 8.81. The highest BCUT2D eigenvalue weighted by Crippen LogP contribution is 2.38. The van der Waals surface area contributed by atoms with E-state index in [-0.39, 0.29) is 5.44 Å². The van der Waals surface area contributed by atoms with Gasteiger partial charge in [0.2, 0.25) is 0 Å². The van der Waals surface area contributed by atoms with Gasteiger partial charge in [-0.05, 0) is 51.2 Å². The fraction of sp³-hybridized carbons (Fsp3) is 0.227. The first kappa shape index (κ1) is 34.2. The van der Waals surface area contributed by atoms with Gasteiger partial charge in [-0.15, -0.1) is 0 Å². The molecule has 1 saturated heterocycles. The van der Waals surface area contributed by atoms with Gasteiger partial charge < -0.3 is 23.7 Å². The zero-order valence-electron chi connectivity index (χ0n) is 28.0. The second-order valence-corrected chi connectivity index (χ2v) is 13.6. The summed E-state index contributed by atoms with van der Waals surface area (Å²) in [5, 5.41) is 2.38. The molecule has 1 heterocycles. The molecule has 0 aromatic heterocycles. The summed E-state index contributed by atoms with van der Waals surface area (Å²) in [6.07, 6.45) is -1.80. The Balaban J connectivity index is 1.21. The fourth-order valence-corrected chi connectivity index (χ4v) is 7.38. The van der Waals surface area contributed by atoms with E-state index in [1.165, 1.54) is 10.8 Å². The lowest BCUT2D eigenvalue weighted by Gasteiger charge is -2.46. The molecule has 0 radical (unpaired) electrons. The first-order chi connectivity index (χ1) is 24.8. The maximum absolute atomic E-state index is 6.98. The van der Waals surface area contributed by atoms with Crippen molar-refractivity contribution in [1.82, 2.24) is 0 Å². The van der Waals surface area contributed by atoms with E-state index in [9.17, 15) is 0 Å². The van der Waals surface area contributed by atoms with Crippen LogP contribution in [0.25, 0.3) is 10.8 Å². The quantitative estimate of drug-likeness (QED) is 0.108. The molecule has 5 unspecified atom stereocenters. The molecule has 1 aliphatic heterocycles. The Hall–Kier alpha value is -4.27. The van der Waals surface area contributed by atoms with Crippen LogP contribution in [-0.2, 0) is 50.1 Å². The molecule has 0 saturated carbocycles.